The minimum Gasteiger partial charge on any atom is -0.482 e. The number of alkyl halides is 2. The van der Waals surface area contributed by atoms with Crippen LogP contribution in [0, 0.1) is 12.8 Å². The van der Waals surface area contributed by atoms with Crippen LogP contribution in [0.25, 0.3) is 28.1 Å². The lowest BCUT2D eigenvalue weighted by atomic mass is 9.99. The first-order valence-electron chi connectivity index (χ1n) is 14.9. The zero-order valence-electron chi connectivity index (χ0n) is 25.9. The number of methoxy groups -OCH3 is 1. The maximum absolute atomic E-state index is 13.8. The number of carbonyl (C=O) groups is 2. The number of nitrogens with zero attached hydrogens (tertiary/aromatic N) is 6. The van der Waals surface area contributed by atoms with Gasteiger partial charge in [-0.3, -0.25) is 14.0 Å². The fraction of sp³-hybridized carbons (Fsp3) is 0.467. The van der Waals surface area contributed by atoms with Crippen molar-refractivity contribution in [2.75, 3.05) is 30.8 Å². The number of halogens is 2. The third-order valence-corrected chi connectivity index (χ3v) is 9.64. The van der Waals surface area contributed by atoms with Gasteiger partial charge in [-0.25, -0.2) is 18.4 Å². The van der Waals surface area contributed by atoms with Crippen LogP contribution in [0.5, 0.6) is 5.88 Å². The van der Waals surface area contributed by atoms with Crippen molar-refractivity contribution in [1.82, 2.24) is 29.2 Å². The van der Waals surface area contributed by atoms with Crippen LogP contribution < -0.4 is 20.1 Å². The molecule has 2 atom stereocenters. The smallest absolute Gasteiger partial charge is 0.329 e. The van der Waals surface area contributed by atoms with Crippen molar-refractivity contribution in [1.29, 1.82) is 0 Å². The van der Waals surface area contributed by atoms with E-state index in [1.165, 1.54) is 20.1 Å². The van der Waals surface area contributed by atoms with E-state index < -0.39 is 22.6 Å². The van der Waals surface area contributed by atoms with Gasteiger partial charge in [0.15, 0.2) is 5.88 Å². The predicted octanol–water partition coefficient (Wildman–Crippen LogP) is 2.74. The highest BCUT2D eigenvalue weighted by Gasteiger charge is 2.32. The largest absolute Gasteiger partial charge is 0.482 e. The zero-order chi connectivity index (χ0) is 33.1. The highest BCUT2D eigenvalue weighted by Crippen LogP contribution is 2.38. The van der Waals surface area contributed by atoms with Crippen LogP contribution in [0.3, 0.4) is 0 Å². The Balaban J connectivity index is 1.41. The standard InChI is InChI=1S/C30H36F2N8O5S/c1-16-27(23-11-19-7-8-24(40(30(31)32)46(4,43)44)36-28(19)38(23)14-18-5-6-18)35-25-12-20(13-26(45-3)39(16)25)29(42)37-10-9-22(21(33)15-37)34-17(2)41/h7-8,11-13,18,21-22,30H,5-6,9-10,14-15,33H2,1-4H3,(H,34,41)/t21-,22+/m0/s1. The number of pyridine rings is 2. The molecule has 6 rings (SSSR count). The van der Waals surface area contributed by atoms with Gasteiger partial charge in [-0.15, -0.1) is 0 Å². The Morgan fingerprint density at radius 2 is 1.91 bits per heavy atom. The quantitative estimate of drug-likeness (QED) is 0.260. The van der Waals surface area contributed by atoms with Crippen molar-refractivity contribution >= 4 is 44.3 Å². The number of hydrogen-bond donors (Lipinski definition) is 2. The van der Waals surface area contributed by atoms with E-state index in [0.717, 1.165) is 18.5 Å². The van der Waals surface area contributed by atoms with Gasteiger partial charge < -0.3 is 25.3 Å². The molecule has 2 amide bonds. The van der Waals surface area contributed by atoms with Crippen LogP contribution in [0.15, 0.2) is 30.3 Å². The number of nitrogens with two attached hydrogens (primary N) is 1. The Kier molecular flexibility index (Phi) is 8.13. The molecule has 246 valence electrons. The molecule has 0 unspecified atom stereocenters. The molecule has 1 saturated carbocycles. The molecular weight excluding hydrogens is 622 g/mol. The van der Waals surface area contributed by atoms with Gasteiger partial charge in [-0.1, -0.05) is 0 Å². The topological polar surface area (TPSA) is 157 Å². The van der Waals surface area contributed by atoms with Crippen molar-refractivity contribution in [3.63, 3.8) is 0 Å². The summed E-state index contributed by atoms with van der Waals surface area (Å²) in [7, 11) is -2.79. The van der Waals surface area contributed by atoms with Crippen LogP contribution in [-0.4, -0.2) is 89.2 Å². The summed E-state index contributed by atoms with van der Waals surface area (Å²) in [5, 5.41) is 3.48. The van der Waals surface area contributed by atoms with Gasteiger partial charge in [-0.2, -0.15) is 13.1 Å². The molecule has 1 saturated heterocycles. The fourth-order valence-corrected chi connectivity index (χ4v) is 6.91. The molecule has 2 fully saturated rings. The number of sulfonamides is 1. The molecule has 5 heterocycles. The average Bonchev–Trinajstić information content (AvgIpc) is 3.66. The van der Waals surface area contributed by atoms with E-state index in [0.29, 0.717) is 71.2 Å². The number of amides is 2. The van der Waals surface area contributed by atoms with Gasteiger partial charge in [-0.05, 0) is 56.4 Å². The number of rotatable bonds is 9. The zero-order valence-corrected chi connectivity index (χ0v) is 26.7. The summed E-state index contributed by atoms with van der Waals surface area (Å²) in [6.07, 6.45) is 3.24. The molecule has 0 aromatic carbocycles. The van der Waals surface area contributed by atoms with E-state index in [1.807, 2.05) is 17.6 Å². The number of piperidine rings is 1. The molecule has 46 heavy (non-hydrogen) atoms. The number of hydrogen-bond acceptors (Lipinski definition) is 8. The number of aromatic nitrogens is 4. The minimum absolute atomic E-state index is 0.00927. The maximum atomic E-state index is 13.8. The predicted molar refractivity (Wildman–Crippen MR) is 167 cm³/mol. The second kappa shape index (κ2) is 11.8. The number of carbonyl (C=O) groups excluding carboxylic acids is 2. The Hall–Kier alpha value is -4.31. The summed E-state index contributed by atoms with van der Waals surface area (Å²) < 4.78 is 61.4. The van der Waals surface area contributed by atoms with Crippen molar-refractivity contribution in [2.24, 2.45) is 11.7 Å². The summed E-state index contributed by atoms with van der Waals surface area (Å²) in [6.45, 7) is 1.25. The molecule has 0 radical (unpaired) electrons. The second-order valence-corrected chi connectivity index (χ2v) is 13.9. The van der Waals surface area contributed by atoms with Crippen LogP contribution in [-0.2, 0) is 21.4 Å². The lowest BCUT2D eigenvalue weighted by molar-refractivity contribution is -0.120. The molecule has 1 aliphatic carbocycles. The van der Waals surface area contributed by atoms with Gasteiger partial charge in [0, 0.05) is 55.7 Å². The molecular formula is C30H36F2N8O5S. The average molecular weight is 659 g/mol. The van der Waals surface area contributed by atoms with Gasteiger partial charge in [0.2, 0.25) is 15.9 Å². The normalized spacial score (nSPS) is 18.8. The number of fused-ring (bicyclic) bond motifs is 2. The Bertz CT molecular complexity index is 1960. The van der Waals surface area contributed by atoms with Crippen molar-refractivity contribution in [3.8, 4) is 17.3 Å². The van der Waals surface area contributed by atoms with E-state index >= 15 is 0 Å². The Morgan fingerprint density at radius 3 is 2.52 bits per heavy atom. The van der Waals surface area contributed by atoms with Crippen LogP contribution in [0.2, 0.25) is 0 Å². The van der Waals surface area contributed by atoms with Gasteiger partial charge in [0.05, 0.1) is 24.8 Å². The number of likely N-dealkylation sites (tertiary alicyclic amines) is 1. The van der Waals surface area contributed by atoms with Gasteiger partial charge >= 0.3 is 6.55 Å². The molecule has 3 N–H and O–H groups in total. The third kappa shape index (κ3) is 5.86. The molecule has 0 spiro atoms. The summed E-state index contributed by atoms with van der Waals surface area (Å²) in [6, 6.07) is 7.40. The van der Waals surface area contributed by atoms with E-state index in [2.05, 4.69) is 10.3 Å². The highest BCUT2D eigenvalue weighted by atomic mass is 32.2. The van der Waals surface area contributed by atoms with Crippen LogP contribution in [0.4, 0.5) is 14.6 Å². The van der Waals surface area contributed by atoms with Gasteiger partial charge in [0.1, 0.15) is 22.8 Å². The number of nitrogens with one attached hydrogen (secondary N) is 1. The summed E-state index contributed by atoms with van der Waals surface area (Å²) in [4.78, 5) is 36.1. The first kappa shape index (κ1) is 31.7. The molecule has 13 nitrogen and oxygen atoms in total. The van der Waals surface area contributed by atoms with E-state index in [9.17, 15) is 26.8 Å². The lowest BCUT2D eigenvalue weighted by Gasteiger charge is -2.37. The Morgan fingerprint density at radius 1 is 1.17 bits per heavy atom. The first-order chi connectivity index (χ1) is 21.8. The monoisotopic (exact) mass is 658 g/mol. The summed E-state index contributed by atoms with van der Waals surface area (Å²) in [5.41, 5.74) is 9.46. The molecule has 1 aliphatic heterocycles. The summed E-state index contributed by atoms with van der Waals surface area (Å²) >= 11 is 0. The van der Waals surface area contributed by atoms with E-state index in [1.54, 1.807) is 27.5 Å². The number of anilines is 1. The van der Waals surface area contributed by atoms with Crippen molar-refractivity contribution < 1.29 is 31.5 Å². The fourth-order valence-electron chi connectivity index (χ4n) is 6.18. The van der Waals surface area contributed by atoms with Crippen LogP contribution >= 0.6 is 0 Å². The number of aryl methyl sites for hydroxylation is 1. The van der Waals surface area contributed by atoms with Crippen molar-refractivity contribution in [3.05, 3.63) is 41.6 Å². The molecule has 2 aliphatic rings. The van der Waals surface area contributed by atoms with E-state index in [4.69, 9.17) is 15.5 Å². The molecule has 16 heteroatoms. The number of ether oxygens (including phenoxy) is 1. The second-order valence-electron chi connectivity index (χ2n) is 12.0. The Labute approximate surface area is 264 Å². The maximum Gasteiger partial charge on any atom is 0.329 e. The summed E-state index contributed by atoms with van der Waals surface area (Å²) in [5.74, 6) is -0.0335. The van der Waals surface area contributed by atoms with Gasteiger partial charge in [0.25, 0.3) is 5.91 Å². The third-order valence-electron chi connectivity index (χ3n) is 8.58. The molecule has 0 bridgehead atoms. The van der Waals surface area contributed by atoms with Crippen LogP contribution in [0.1, 0.15) is 42.2 Å². The first-order valence-corrected chi connectivity index (χ1v) is 16.8. The highest BCUT2D eigenvalue weighted by molar-refractivity contribution is 7.92. The van der Waals surface area contributed by atoms with E-state index in [-0.39, 0.29) is 34.5 Å². The van der Waals surface area contributed by atoms with Crippen molar-refractivity contribution in [2.45, 2.75) is 58.3 Å². The minimum atomic E-state index is -4.29. The lowest BCUT2D eigenvalue weighted by Crippen LogP contribution is -2.58. The number of imidazole rings is 1. The molecule has 4 aromatic rings. The molecule has 4 aromatic heterocycles. The SMILES string of the molecule is COc1cc(C(=O)N2CC[C@@H](NC(C)=O)[C@@H](N)C2)cc2nc(-c3cc4ccc(N(C(F)F)S(C)(=O)=O)nc4n3CC3CC3)c(C)n12.